The monoisotopic (exact) mass is 363 g/mol. The molecule has 0 saturated carbocycles. The molecule has 2 N–H and O–H groups in total. The van der Waals surface area contributed by atoms with Gasteiger partial charge in [0.05, 0.1) is 4.92 Å². The molecule has 1 atom stereocenters. The van der Waals surface area contributed by atoms with Crippen molar-refractivity contribution < 1.29 is 13.3 Å². The largest absolute Gasteiger partial charge is 0.316 e. The van der Waals surface area contributed by atoms with Crippen LogP contribution in [0.15, 0.2) is 23.1 Å². The highest BCUT2D eigenvalue weighted by Crippen LogP contribution is 2.26. The van der Waals surface area contributed by atoms with Crippen molar-refractivity contribution in [2.24, 2.45) is 5.92 Å². The number of aryl methyl sites for hydroxylation is 1. The Morgan fingerprint density at radius 2 is 2.17 bits per heavy atom. The van der Waals surface area contributed by atoms with Gasteiger partial charge in [-0.15, -0.1) is 12.4 Å². The van der Waals surface area contributed by atoms with Crippen LogP contribution in [0, 0.1) is 23.0 Å². The number of nitrogens with one attached hydrogen (secondary N) is 2. The molecule has 23 heavy (non-hydrogen) atoms. The minimum Gasteiger partial charge on any atom is -0.316 e. The maximum absolute atomic E-state index is 12.4. The van der Waals surface area contributed by atoms with E-state index in [1.807, 2.05) is 0 Å². The topological polar surface area (TPSA) is 101 Å². The van der Waals surface area contributed by atoms with Crippen LogP contribution in [0.5, 0.6) is 0 Å². The first-order valence-electron chi connectivity index (χ1n) is 7.36. The summed E-state index contributed by atoms with van der Waals surface area (Å²) in [7, 11) is -3.88. The van der Waals surface area contributed by atoms with Crippen molar-refractivity contribution in [2.45, 2.75) is 31.1 Å². The summed E-state index contributed by atoms with van der Waals surface area (Å²) in [5.74, 6) is 0.448. The number of halogens is 1. The summed E-state index contributed by atoms with van der Waals surface area (Å²) >= 11 is 0. The first kappa shape index (κ1) is 19.8. The third kappa shape index (κ3) is 5.13. The zero-order chi connectivity index (χ0) is 16.2. The third-order valence-electron chi connectivity index (χ3n) is 3.90. The fourth-order valence-electron chi connectivity index (χ4n) is 2.77. The van der Waals surface area contributed by atoms with Crippen LogP contribution in [0.3, 0.4) is 0 Å². The van der Waals surface area contributed by atoms with E-state index in [1.165, 1.54) is 12.1 Å². The van der Waals surface area contributed by atoms with Crippen LogP contribution >= 0.6 is 12.4 Å². The van der Waals surface area contributed by atoms with Crippen LogP contribution in [0.25, 0.3) is 0 Å². The van der Waals surface area contributed by atoms with Crippen molar-refractivity contribution in [3.63, 3.8) is 0 Å². The van der Waals surface area contributed by atoms with Crippen LogP contribution in [0.4, 0.5) is 5.69 Å². The lowest BCUT2D eigenvalue weighted by Gasteiger charge is -2.22. The smallest absolute Gasteiger partial charge is 0.289 e. The highest BCUT2D eigenvalue weighted by Gasteiger charge is 2.27. The van der Waals surface area contributed by atoms with E-state index < -0.39 is 14.9 Å². The van der Waals surface area contributed by atoms with Gasteiger partial charge in [0.2, 0.25) is 10.0 Å². The van der Waals surface area contributed by atoms with Crippen molar-refractivity contribution in [1.82, 2.24) is 10.0 Å². The minimum absolute atomic E-state index is 0. The molecular weight excluding hydrogens is 342 g/mol. The van der Waals surface area contributed by atoms with Crippen LogP contribution in [-0.2, 0) is 10.0 Å². The number of hydrogen-bond acceptors (Lipinski definition) is 5. The molecule has 0 spiro atoms. The van der Waals surface area contributed by atoms with Gasteiger partial charge >= 0.3 is 0 Å². The fraction of sp³-hybridized carbons (Fsp3) is 0.571. The number of benzene rings is 1. The Labute approximate surface area is 142 Å². The lowest BCUT2D eigenvalue weighted by Crippen LogP contribution is -2.33. The summed E-state index contributed by atoms with van der Waals surface area (Å²) in [5, 5.41) is 14.3. The number of nitrogens with zero attached hydrogens (tertiary/aromatic N) is 1. The fourth-order valence-corrected chi connectivity index (χ4v) is 4.21. The number of sulfonamides is 1. The van der Waals surface area contributed by atoms with Crippen molar-refractivity contribution in [3.05, 3.63) is 33.9 Å². The van der Waals surface area contributed by atoms with Crippen LogP contribution in [0.1, 0.15) is 24.8 Å². The molecule has 2 rings (SSSR count). The molecule has 0 aliphatic carbocycles. The highest BCUT2D eigenvalue weighted by atomic mass is 35.5. The molecule has 1 aliphatic rings. The molecule has 0 amide bonds. The first-order valence-corrected chi connectivity index (χ1v) is 8.84. The Balaban J connectivity index is 0.00000264. The second kappa shape index (κ2) is 8.58. The van der Waals surface area contributed by atoms with Gasteiger partial charge in [0, 0.05) is 12.6 Å². The molecule has 9 heteroatoms. The summed E-state index contributed by atoms with van der Waals surface area (Å²) in [6.45, 7) is 3.76. The number of nitro benzene ring substituents is 1. The Kier molecular flexibility index (Phi) is 7.40. The molecule has 0 bridgehead atoms. The summed E-state index contributed by atoms with van der Waals surface area (Å²) in [6, 6.07) is 4.26. The molecule has 1 aromatic rings. The van der Waals surface area contributed by atoms with E-state index in [1.54, 1.807) is 13.0 Å². The average molecular weight is 364 g/mol. The molecule has 0 aromatic heterocycles. The second-order valence-corrected chi connectivity index (χ2v) is 7.28. The van der Waals surface area contributed by atoms with E-state index in [-0.39, 0.29) is 23.0 Å². The molecule has 1 unspecified atom stereocenters. The molecular formula is C14H22ClN3O4S. The van der Waals surface area contributed by atoms with Gasteiger partial charge in [-0.1, -0.05) is 12.1 Å². The molecule has 1 aromatic carbocycles. The second-order valence-electron chi connectivity index (χ2n) is 5.58. The SMILES string of the molecule is Cc1cccc([N+](=O)[O-])c1S(=O)(=O)NCCC1CCCNC1.Cl. The van der Waals surface area contributed by atoms with E-state index in [2.05, 4.69) is 10.0 Å². The van der Waals surface area contributed by atoms with Crippen molar-refractivity contribution in [3.8, 4) is 0 Å². The summed E-state index contributed by atoms with van der Waals surface area (Å²) < 4.78 is 27.3. The molecule has 1 aliphatic heterocycles. The van der Waals surface area contributed by atoms with Crippen LogP contribution in [0.2, 0.25) is 0 Å². The van der Waals surface area contributed by atoms with E-state index in [4.69, 9.17) is 0 Å². The molecule has 0 radical (unpaired) electrons. The standard InChI is InChI=1S/C14H21N3O4S.ClH/c1-11-4-2-6-13(17(18)19)14(11)22(20,21)16-9-7-12-5-3-8-15-10-12;/h2,4,6,12,15-16H,3,5,7-10H2,1H3;1H. The molecule has 1 fully saturated rings. The number of rotatable bonds is 6. The van der Waals surface area contributed by atoms with E-state index in [0.29, 0.717) is 18.0 Å². The Bertz CT molecular complexity index is 645. The van der Waals surface area contributed by atoms with Gasteiger partial charge in [-0.05, 0) is 50.8 Å². The summed E-state index contributed by atoms with van der Waals surface area (Å²) in [6.07, 6.45) is 2.91. The maximum atomic E-state index is 12.4. The summed E-state index contributed by atoms with van der Waals surface area (Å²) in [4.78, 5) is 10.2. The van der Waals surface area contributed by atoms with Gasteiger partial charge in [0.15, 0.2) is 4.90 Å². The normalized spacial score (nSPS) is 18.2. The van der Waals surface area contributed by atoms with Gasteiger partial charge in [0.25, 0.3) is 5.69 Å². The van der Waals surface area contributed by atoms with Gasteiger partial charge in [0.1, 0.15) is 0 Å². The van der Waals surface area contributed by atoms with Crippen molar-refractivity contribution in [1.29, 1.82) is 0 Å². The van der Waals surface area contributed by atoms with Crippen LogP contribution < -0.4 is 10.0 Å². The van der Waals surface area contributed by atoms with E-state index in [9.17, 15) is 18.5 Å². The molecule has 7 nitrogen and oxygen atoms in total. The third-order valence-corrected chi connectivity index (χ3v) is 5.55. The Morgan fingerprint density at radius 3 is 2.78 bits per heavy atom. The summed E-state index contributed by atoms with van der Waals surface area (Å²) in [5.41, 5.74) is -0.00661. The zero-order valence-electron chi connectivity index (χ0n) is 12.9. The van der Waals surface area contributed by atoms with Gasteiger partial charge in [-0.25, -0.2) is 13.1 Å². The maximum Gasteiger partial charge on any atom is 0.289 e. The molecule has 1 saturated heterocycles. The predicted octanol–water partition coefficient (Wildman–Crippen LogP) is 1.99. The van der Waals surface area contributed by atoms with Crippen molar-refractivity contribution in [2.75, 3.05) is 19.6 Å². The Morgan fingerprint density at radius 1 is 1.43 bits per heavy atom. The number of hydrogen-bond donors (Lipinski definition) is 2. The number of nitro groups is 1. The van der Waals surface area contributed by atoms with E-state index >= 15 is 0 Å². The molecule has 130 valence electrons. The lowest BCUT2D eigenvalue weighted by molar-refractivity contribution is -0.387. The first-order chi connectivity index (χ1) is 10.4. The Hall–Kier alpha value is -1.22. The quantitative estimate of drug-likeness (QED) is 0.594. The van der Waals surface area contributed by atoms with Gasteiger partial charge in [-0.3, -0.25) is 10.1 Å². The lowest BCUT2D eigenvalue weighted by atomic mass is 9.96. The predicted molar refractivity (Wildman–Crippen MR) is 90.5 cm³/mol. The average Bonchev–Trinajstić information content (AvgIpc) is 2.47. The highest BCUT2D eigenvalue weighted by molar-refractivity contribution is 7.89. The number of piperidine rings is 1. The molecule has 1 heterocycles. The van der Waals surface area contributed by atoms with Crippen LogP contribution in [-0.4, -0.2) is 33.0 Å². The van der Waals surface area contributed by atoms with Crippen molar-refractivity contribution >= 4 is 28.1 Å². The minimum atomic E-state index is -3.88. The van der Waals surface area contributed by atoms with Gasteiger partial charge in [-0.2, -0.15) is 0 Å². The van der Waals surface area contributed by atoms with Gasteiger partial charge < -0.3 is 5.32 Å². The zero-order valence-corrected chi connectivity index (χ0v) is 14.6. The van der Waals surface area contributed by atoms with E-state index in [0.717, 1.165) is 32.4 Å².